The van der Waals surface area contributed by atoms with Crippen LogP contribution >= 0.6 is 0 Å². The molecule has 1 fully saturated rings. The van der Waals surface area contributed by atoms with E-state index in [0.717, 1.165) is 24.8 Å². The van der Waals surface area contributed by atoms with Crippen LogP contribution in [0.5, 0.6) is 0 Å². The van der Waals surface area contributed by atoms with Crippen LogP contribution in [0.25, 0.3) is 16.6 Å². The van der Waals surface area contributed by atoms with Crippen LogP contribution < -0.4 is 0 Å². The monoisotopic (exact) mass is 363 g/mol. The minimum atomic E-state index is -0.305. The quantitative estimate of drug-likeness (QED) is 0.590. The third-order valence-corrected chi connectivity index (χ3v) is 5.20. The van der Waals surface area contributed by atoms with Gasteiger partial charge >= 0.3 is 0 Å². The molecular formula is C20H18FN5O. The zero-order valence-corrected chi connectivity index (χ0v) is 14.6. The molecule has 136 valence electrons. The highest BCUT2D eigenvalue weighted by Gasteiger charge is 2.32. The van der Waals surface area contributed by atoms with Crippen molar-refractivity contribution in [3.63, 3.8) is 0 Å². The molecule has 0 bridgehead atoms. The second-order valence-corrected chi connectivity index (χ2v) is 6.88. The number of H-pyrrole nitrogens is 1. The summed E-state index contributed by atoms with van der Waals surface area (Å²) in [7, 11) is 0. The first-order chi connectivity index (χ1) is 13.2. The molecule has 0 unspecified atom stereocenters. The molecule has 1 aliphatic rings. The van der Waals surface area contributed by atoms with E-state index in [-0.39, 0.29) is 17.8 Å². The van der Waals surface area contributed by atoms with Crippen LogP contribution in [-0.2, 0) is 0 Å². The van der Waals surface area contributed by atoms with Crippen molar-refractivity contribution in [1.29, 1.82) is 0 Å². The average molecular weight is 363 g/mol. The normalized spacial score (nSPS) is 17.7. The lowest BCUT2D eigenvalue weighted by atomic mass is 10.0. The van der Waals surface area contributed by atoms with Gasteiger partial charge in [-0.05, 0) is 49.6 Å². The van der Waals surface area contributed by atoms with Gasteiger partial charge in [0.25, 0.3) is 5.91 Å². The Morgan fingerprint density at radius 3 is 3.07 bits per heavy atom. The predicted octanol–water partition coefficient (Wildman–Crippen LogP) is 3.72. The molecule has 0 saturated carbocycles. The van der Waals surface area contributed by atoms with Crippen molar-refractivity contribution in [2.45, 2.75) is 25.3 Å². The largest absolute Gasteiger partial charge is 0.340 e. The molecule has 0 radical (unpaired) electrons. The van der Waals surface area contributed by atoms with Gasteiger partial charge in [-0.25, -0.2) is 13.9 Å². The van der Waals surface area contributed by atoms with Crippen molar-refractivity contribution >= 4 is 22.5 Å². The predicted molar refractivity (Wildman–Crippen MR) is 98.9 cm³/mol. The molecule has 4 aromatic rings. The van der Waals surface area contributed by atoms with Crippen LogP contribution in [0.4, 0.5) is 4.39 Å². The van der Waals surface area contributed by atoms with E-state index in [0.29, 0.717) is 29.0 Å². The minimum absolute atomic E-state index is 0.0486. The van der Waals surface area contributed by atoms with Gasteiger partial charge in [-0.1, -0.05) is 6.07 Å². The highest BCUT2D eigenvalue weighted by atomic mass is 19.1. The lowest BCUT2D eigenvalue weighted by Crippen LogP contribution is -2.39. The van der Waals surface area contributed by atoms with Crippen LogP contribution in [-0.4, -0.2) is 36.9 Å². The lowest BCUT2D eigenvalue weighted by molar-refractivity contribution is 0.0603. The second-order valence-electron chi connectivity index (χ2n) is 6.88. The van der Waals surface area contributed by atoms with Crippen molar-refractivity contribution in [2.24, 2.45) is 0 Å². The van der Waals surface area contributed by atoms with E-state index in [1.54, 1.807) is 16.8 Å². The number of hydrogen-bond donors (Lipinski definition) is 1. The number of rotatable bonds is 2. The first-order valence-electron chi connectivity index (χ1n) is 9.09. The summed E-state index contributed by atoms with van der Waals surface area (Å²) >= 11 is 0. The number of benzene rings is 1. The first kappa shape index (κ1) is 16.0. The summed E-state index contributed by atoms with van der Waals surface area (Å²) in [5.41, 5.74) is 2.74. The van der Waals surface area contributed by atoms with Crippen molar-refractivity contribution < 1.29 is 9.18 Å². The fourth-order valence-electron chi connectivity index (χ4n) is 3.87. The van der Waals surface area contributed by atoms with Gasteiger partial charge in [-0.2, -0.15) is 5.10 Å². The molecule has 1 N–H and O–H groups in total. The molecular weight excluding hydrogens is 345 g/mol. The lowest BCUT2D eigenvalue weighted by Gasteiger charge is -2.34. The highest BCUT2D eigenvalue weighted by molar-refractivity contribution is 6.00. The number of piperidine rings is 1. The molecule has 1 atom stereocenters. The van der Waals surface area contributed by atoms with E-state index in [4.69, 9.17) is 0 Å². The van der Waals surface area contributed by atoms with E-state index in [9.17, 15) is 9.18 Å². The number of nitrogens with zero attached hydrogens (tertiary/aromatic N) is 4. The van der Waals surface area contributed by atoms with Gasteiger partial charge in [0, 0.05) is 12.7 Å². The number of hydrogen-bond acceptors (Lipinski definition) is 3. The van der Waals surface area contributed by atoms with Gasteiger partial charge in [0.2, 0.25) is 0 Å². The second kappa shape index (κ2) is 6.19. The Kier molecular flexibility index (Phi) is 3.67. The summed E-state index contributed by atoms with van der Waals surface area (Å²) in [6.45, 7) is 0.666. The molecule has 1 aliphatic heterocycles. The average Bonchev–Trinajstić information content (AvgIpc) is 3.31. The number of aromatic amines is 1. The topological polar surface area (TPSA) is 66.3 Å². The molecule has 4 heterocycles. The van der Waals surface area contributed by atoms with E-state index in [1.165, 1.54) is 12.1 Å². The van der Waals surface area contributed by atoms with Crippen molar-refractivity contribution in [1.82, 2.24) is 24.5 Å². The number of likely N-dealkylation sites (tertiary alicyclic amines) is 1. The van der Waals surface area contributed by atoms with Crippen LogP contribution in [0, 0.1) is 5.82 Å². The Labute approximate surface area is 154 Å². The molecule has 1 amide bonds. The maximum absolute atomic E-state index is 13.5. The molecule has 0 aliphatic carbocycles. The number of imidazole rings is 1. The number of carbonyl (C=O) groups excluding carboxylic acids is 1. The molecule has 7 heteroatoms. The summed E-state index contributed by atoms with van der Waals surface area (Å²) in [5, 5.41) is 4.28. The molecule has 27 heavy (non-hydrogen) atoms. The minimum Gasteiger partial charge on any atom is -0.340 e. The van der Waals surface area contributed by atoms with Crippen LogP contribution in [0.15, 0.2) is 48.8 Å². The number of amides is 1. The van der Waals surface area contributed by atoms with Crippen LogP contribution in [0.2, 0.25) is 0 Å². The summed E-state index contributed by atoms with van der Waals surface area (Å²) in [6, 6.07) is 10.0. The maximum atomic E-state index is 13.5. The number of pyridine rings is 1. The van der Waals surface area contributed by atoms with Crippen molar-refractivity contribution in [2.75, 3.05) is 6.54 Å². The standard InChI is InChI=1S/C20H18FN5O/c21-13-7-8-15-16(11-13)24-19(23-15)18-6-1-3-9-25(18)20(27)14-12-22-26-10-4-2-5-17(14)26/h2,4-5,7-8,10-12,18H,1,3,6,9H2,(H,23,24)/t18-/m1/s1. The zero-order chi connectivity index (χ0) is 18.4. The fourth-order valence-corrected chi connectivity index (χ4v) is 3.87. The number of nitrogens with one attached hydrogen (secondary N) is 1. The van der Waals surface area contributed by atoms with E-state index in [1.807, 2.05) is 29.3 Å². The summed E-state index contributed by atoms with van der Waals surface area (Å²) in [6.07, 6.45) is 6.25. The third kappa shape index (κ3) is 2.66. The van der Waals surface area contributed by atoms with Gasteiger partial charge in [-0.15, -0.1) is 0 Å². The SMILES string of the molecule is O=C(c1cnn2ccccc12)N1CCCC[C@@H]1c1nc2ccc(F)cc2[nH]1. The van der Waals surface area contributed by atoms with E-state index >= 15 is 0 Å². The Balaban J connectivity index is 1.54. The fraction of sp³-hybridized carbons (Fsp3) is 0.250. The molecule has 5 rings (SSSR count). The number of fused-ring (bicyclic) bond motifs is 2. The third-order valence-electron chi connectivity index (χ3n) is 5.20. The van der Waals surface area contributed by atoms with Gasteiger partial charge in [0.1, 0.15) is 11.6 Å². The van der Waals surface area contributed by atoms with Gasteiger partial charge in [0.05, 0.1) is 34.4 Å². The Morgan fingerprint density at radius 2 is 2.15 bits per heavy atom. The molecule has 0 spiro atoms. The zero-order valence-electron chi connectivity index (χ0n) is 14.6. The molecule has 1 aromatic carbocycles. The molecule has 6 nitrogen and oxygen atoms in total. The number of halogens is 1. The van der Waals surface area contributed by atoms with Gasteiger partial charge in [-0.3, -0.25) is 4.79 Å². The maximum Gasteiger partial charge on any atom is 0.258 e. The number of aromatic nitrogens is 4. The van der Waals surface area contributed by atoms with Crippen LogP contribution in [0.1, 0.15) is 41.5 Å². The Morgan fingerprint density at radius 1 is 1.22 bits per heavy atom. The molecule has 1 saturated heterocycles. The van der Waals surface area contributed by atoms with E-state index in [2.05, 4.69) is 15.1 Å². The first-order valence-corrected chi connectivity index (χ1v) is 9.09. The number of carbonyl (C=O) groups is 1. The van der Waals surface area contributed by atoms with Crippen molar-refractivity contribution in [3.05, 3.63) is 66.0 Å². The molecule has 3 aromatic heterocycles. The van der Waals surface area contributed by atoms with Gasteiger partial charge in [0.15, 0.2) is 0 Å². The van der Waals surface area contributed by atoms with Crippen LogP contribution in [0.3, 0.4) is 0 Å². The summed E-state index contributed by atoms with van der Waals surface area (Å²) in [5.74, 6) is 0.355. The Bertz CT molecular complexity index is 1150. The van der Waals surface area contributed by atoms with Crippen molar-refractivity contribution in [3.8, 4) is 0 Å². The summed E-state index contributed by atoms with van der Waals surface area (Å²) < 4.78 is 15.2. The Hall–Kier alpha value is -3.22. The summed E-state index contributed by atoms with van der Waals surface area (Å²) in [4.78, 5) is 23.0. The smallest absolute Gasteiger partial charge is 0.258 e. The van der Waals surface area contributed by atoms with Gasteiger partial charge < -0.3 is 9.88 Å². The van der Waals surface area contributed by atoms with E-state index < -0.39 is 0 Å². The highest BCUT2D eigenvalue weighted by Crippen LogP contribution is 2.32.